The molecule has 1 atom stereocenters. The van der Waals surface area contributed by atoms with Gasteiger partial charge in [0.2, 0.25) is 0 Å². The summed E-state index contributed by atoms with van der Waals surface area (Å²) in [5, 5.41) is 0. The lowest BCUT2D eigenvalue weighted by atomic mass is 9.73. The Hall–Kier alpha value is -1.44. The second-order valence-electron chi connectivity index (χ2n) is 5.32. The van der Waals surface area contributed by atoms with Gasteiger partial charge in [0.1, 0.15) is 5.75 Å². The van der Waals surface area contributed by atoms with E-state index in [1.54, 1.807) is 7.11 Å². The number of nitrogens with zero attached hydrogens (tertiary/aromatic N) is 1. The van der Waals surface area contributed by atoms with Crippen LogP contribution in [0, 0.1) is 0 Å². The van der Waals surface area contributed by atoms with Crippen molar-refractivity contribution in [3.05, 3.63) is 41.1 Å². The van der Waals surface area contributed by atoms with Crippen molar-refractivity contribution in [1.82, 2.24) is 4.90 Å². The molecular weight excluding hydrogens is 210 g/mol. The Kier molecular flexibility index (Phi) is 2.22. The fourth-order valence-electron chi connectivity index (χ4n) is 3.30. The predicted octanol–water partition coefficient (Wildman–Crippen LogP) is 2.73. The van der Waals surface area contributed by atoms with Crippen LogP contribution in [0.4, 0.5) is 0 Å². The van der Waals surface area contributed by atoms with Crippen LogP contribution >= 0.6 is 0 Å². The largest absolute Gasteiger partial charge is 0.497 e. The van der Waals surface area contributed by atoms with Gasteiger partial charge < -0.3 is 9.64 Å². The lowest BCUT2D eigenvalue weighted by Gasteiger charge is -2.34. The van der Waals surface area contributed by atoms with Crippen molar-refractivity contribution < 1.29 is 4.74 Å². The Balaban J connectivity index is 2.15. The summed E-state index contributed by atoms with van der Waals surface area (Å²) in [5.41, 5.74) is 4.58. The van der Waals surface area contributed by atoms with Crippen molar-refractivity contribution in [3.8, 4) is 5.75 Å². The van der Waals surface area contributed by atoms with E-state index < -0.39 is 0 Å². The molecule has 0 N–H and O–H groups in total. The summed E-state index contributed by atoms with van der Waals surface area (Å²) in [7, 11) is 3.94. The molecule has 1 aliphatic heterocycles. The number of rotatable bonds is 1. The third kappa shape index (κ3) is 1.40. The van der Waals surface area contributed by atoms with Crippen LogP contribution < -0.4 is 4.74 Å². The minimum absolute atomic E-state index is 0.191. The Morgan fingerprint density at radius 3 is 2.94 bits per heavy atom. The van der Waals surface area contributed by atoms with E-state index in [0.29, 0.717) is 0 Å². The smallest absolute Gasteiger partial charge is 0.119 e. The van der Waals surface area contributed by atoms with Crippen molar-refractivity contribution in [2.24, 2.45) is 0 Å². The molecule has 0 radical (unpaired) electrons. The van der Waals surface area contributed by atoms with Gasteiger partial charge in [-0.3, -0.25) is 0 Å². The van der Waals surface area contributed by atoms with E-state index in [4.69, 9.17) is 4.74 Å². The molecule has 0 aromatic heterocycles. The van der Waals surface area contributed by atoms with Crippen LogP contribution in [0.1, 0.15) is 24.5 Å². The molecule has 1 aromatic rings. The molecule has 1 heterocycles. The lowest BCUT2D eigenvalue weighted by Crippen LogP contribution is -2.28. The molecule has 1 unspecified atom stereocenters. The molecule has 1 fully saturated rings. The van der Waals surface area contributed by atoms with Gasteiger partial charge in [-0.05, 0) is 43.0 Å². The van der Waals surface area contributed by atoms with Crippen molar-refractivity contribution in [1.29, 1.82) is 0 Å². The van der Waals surface area contributed by atoms with E-state index in [2.05, 4.69) is 43.1 Å². The molecule has 1 saturated heterocycles. The Labute approximate surface area is 103 Å². The zero-order chi connectivity index (χ0) is 12.0. The highest BCUT2D eigenvalue weighted by atomic mass is 16.5. The molecule has 0 bridgehead atoms. The van der Waals surface area contributed by atoms with Crippen molar-refractivity contribution in [2.75, 3.05) is 20.7 Å². The number of hydrogen-bond donors (Lipinski definition) is 0. The van der Waals surface area contributed by atoms with Crippen molar-refractivity contribution >= 4 is 0 Å². The molecule has 2 nitrogen and oxygen atoms in total. The van der Waals surface area contributed by atoms with Gasteiger partial charge >= 0.3 is 0 Å². The standard InChI is InChI=1S/C15H19NO/c1-15-8-9-16(2)14(15)7-5-11-4-6-12(17-3)10-13(11)15/h4,6-7,10H,5,8-9H2,1-3H3. The highest BCUT2D eigenvalue weighted by Crippen LogP contribution is 2.47. The highest BCUT2D eigenvalue weighted by Gasteiger charge is 2.41. The normalized spacial score (nSPS) is 26.3. The summed E-state index contributed by atoms with van der Waals surface area (Å²) in [6.45, 7) is 3.51. The van der Waals surface area contributed by atoms with Gasteiger partial charge in [0.05, 0.1) is 7.11 Å². The van der Waals surface area contributed by atoms with E-state index in [1.165, 1.54) is 23.2 Å². The van der Waals surface area contributed by atoms with E-state index in [-0.39, 0.29) is 5.41 Å². The van der Waals surface area contributed by atoms with Gasteiger partial charge in [0, 0.05) is 24.7 Å². The van der Waals surface area contributed by atoms with Crippen LogP contribution in [0.25, 0.3) is 0 Å². The molecule has 17 heavy (non-hydrogen) atoms. The number of hydrogen-bond acceptors (Lipinski definition) is 2. The molecule has 0 saturated carbocycles. The maximum atomic E-state index is 5.37. The van der Waals surface area contributed by atoms with Crippen molar-refractivity contribution in [3.63, 3.8) is 0 Å². The average molecular weight is 229 g/mol. The number of likely N-dealkylation sites (tertiary alicyclic amines) is 1. The van der Waals surface area contributed by atoms with E-state index in [0.717, 1.165) is 18.7 Å². The molecule has 2 heteroatoms. The number of fused-ring (bicyclic) bond motifs is 3. The number of ether oxygens (including phenoxy) is 1. The number of allylic oxidation sites excluding steroid dienone is 2. The Bertz CT molecular complexity index is 492. The number of methoxy groups -OCH3 is 1. The first-order valence-corrected chi connectivity index (χ1v) is 6.24. The summed E-state index contributed by atoms with van der Waals surface area (Å²) >= 11 is 0. The Morgan fingerprint density at radius 1 is 1.35 bits per heavy atom. The summed E-state index contributed by atoms with van der Waals surface area (Å²) < 4.78 is 5.37. The molecule has 3 rings (SSSR count). The van der Waals surface area contributed by atoms with Crippen LogP contribution in [0.3, 0.4) is 0 Å². The van der Waals surface area contributed by atoms with E-state index in [1.807, 2.05) is 0 Å². The zero-order valence-corrected chi connectivity index (χ0v) is 10.8. The summed E-state index contributed by atoms with van der Waals surface area (Å²) in [5.74, 6) is 0.973. The third-order valence-corrected chi connectivity index (χ3v) is 4.35. The maximum Gasteiger partial charge on any atom is 0.119 e. The molecular formula is C15H19NO. The molecule has 0 spiro atoms. The minimum Gasteiger partial charge on any atom is -0.497 e. The fourth-order valence-corrected chi connectivity index (χ4v) is 3.30. The number of likely N-dealkylation sites (N-methyl/N-ethyl adjacent to an activating group) is 1. The first-order chi connectivity index (χ1) is 8.15. The topological polar surface area (TPSA) is 12.5 Å². The molecule has 90 valence electrons. The summed E-state index contributed by atoms with van der Waals surface area (Å²) in [4.78, 5) is 2.39. The second-order valence-corrected chi connectivity index (χ2v) is 5.32. The van der Waals surface area contributed by atoms with E-state index >= 15 is 0 Å². The third-order valence-electron chi connectivity index (χ3n) is 4.35. The SMILES string of the molecule is COc1ccc2c(c1)C1(C)CCN(C)C1=CC2. The fraction of sp³-hybridized carbons (Fsp3) is 0.467. The molecule has 0 amide bonds. The zero-order valence-electron chi connectivity index (χ0n) is 10.8. The van der Waals surface area contributed by atoms with Crippen LogP contribution in [0.2, 0.25) is 0 Å². The first kappa shape index (κ1) is 10.7. The Morgan fingerprint density at radius 2 is 2.18 bits per heavy atom. The van der Waals surface area contributed by atoms with Crippen molar-refractivity contribution in [2.45, 2.75) is 25.2 Å². The number of benzene rings is 1. The quantitative estimate of drug-likeness (QED) is 0.734. The van der Waals surface area contributed by atoms with Gasteiger partial charge in [0.25, 0.3) is 0 Å². The van der Waals surface area contributed by atoms with E-state index in [9.17, 15) is 0 Å². The van der Waals surface area contributed by atoms with Crippen LogP contribution in [0.15, 0.2) is 30.0 Å². The molecule has 1 aromatic carbocycles. The molecule has 2 aliphatic rings. The lowest BCUT2D eigenvalue weighted by molar-refractivity contribution is 0.411. The van der Waals surface area contributed by atoms with Crippen LogP contribution in [0.5, 0.6) is 5.75 Å². The average Bonchev–Trinajstić information content (AvgIpc) is 2.66. The van der Waals surface area contributed by atoms with Crippen LogP contribution in [-0.2, 0) is 11.8 Å². The first-order valence-electron chi connectivity index (χ1n) is 6.24. The minimum atomic E-state index is 0.191. The van der Waals surface area contributed by atoms with Gasteiger partial charge in [-0.1, -0.05) is 12.1 Å². The monoisotopic (exact) mass is 229 g/mol. The predicted molar refractivity (Wildman–Crippen MR) is 69.4 cm³/mol. The summed E-state index contributed by atoms with van der Waals surface area (Å²) in [6.07, 6.45) is 4.64. The second kappa shape index (κ2) is 3.52. The van der Waals surface area contributed by atoms with Gasteiger partial charge in [-0.2, -0.15) is 0 Å². The van der Waals surface area contributed by atoms with Gasteiger partial charge in [0.15, 0.2) is 0 Å². The summed E-state index contributed by atoms with van der Waals surface area (Å²) in [6, 6.07) is 6.51. The molecule has 1 aliphatic carbocycles. The van der Waals surface area contributed by atoms with Crippen LogP contribution in [-0.4, -0.2) is 25.6 Å². The highest BCUT2D eigenvalue weighted by molar-refractivity contribution is 5.50. The van der Waals surface area contributed by atoms with Gasteiger partial charge in [-0.15, -0.1) is 0 Å². The maximum absolute atomic E-state index is 5.37. The van der Waals surface area contributed by atoms with Gasteiger partial charge in [-0.25, -0.2) is 0 Å².